The number of carbonyl (C=O) groups is 1. The number of carbonyl (C=O) groups excluding carboxylic acids is 1. The van der Waals surface area contributed by atoms with E-state index in [-0.39, 0.29) is 17.5 Å². The summed E-state index contributed by atoms with van der Waals surface area (Å²) in [6, 6.07) is 2.89. The molecule has 0 saturated carbocycles. The van der Waals surface area contributed by atoms with Crippen LogP contribution in [-0.4, -0.2) is 41.3 Å². The molecule has 0 radical (unpaired) electrons. The summed E-state index contributed by atoms with van der Waals surface area (Å²) in [5.74, 6) is -1.59. The van der Waals surface area contributed by atoms with Crippen LogP contribution in [0.5, 0.6) is 0 Å². The first-order chi connectivity index (χ1) is 9.77. The lowest BCUT2D eigenvalue weighted by Gasteiger charge is -2.37. The van der Waals surface area contributed by atoms with Crippen LogP contribution in [0.3, 0.4) is 0 Å². The number of hydrogen-bond donors (Lipinski definition) is 1. The van der Waals surface area contributed by atoms with Crippen LogP contribution in [0.2, 0.25) is 0 Å². The third-order valence-electron chi connectivity index (χ3n) is 3.23. The van der Waals surface area contributed by atoms with Crippen LogP contribution in [0, 0.1) is 11.2 Å². The summed E-state index contributed by atoms with van der Waals surface area (Å²) in [6.45, 7) is 2.91. The van der Waals surface area contributed by atoms with Gasteiger partial charge in [-0.2, -0.15) is 0 Å². The van der Waals surface area contributed by atoms with E-state index in [4.69, 9.17) is 4.74 Å². The number of halogens is 1. The Labute approximate surface area is 122 Å². The van der Waals surface area contributed by atoms with Crippen molar-refractivity contribution in [1.29, 1.82) is 0 Å². The largest absolute Gasteiger partial charge is 0.465 e. The van der Waals surface area contributed by atoms with Crippen LogP contribution < -0.4 is 4.72 Å². The van der Waals surface area contributed by atoms with Crippen LogP contribution in [0.1, 0.15) is 17.3 Å². The minimum atomic E-state index is -4.02. The maximum absolute atomic E-state index is 13.3. The molecule has 1 aromatic carbocycles. The average Bonchev–Trinajstić information content (AvgIpc) is 2.42. The Kier molecular flexibility index (Phi) is 4.31. The summed E-state index contributed by atoms with van der Waals surface area (Å²) in [7, 11) is -2.90. The molecule has 0 amide bonds. The van der Waals surface area contributed by atoms with E-state index in [2.05, 4.69) is 9.46 Å². The van der Waals surface area contributed by atoms with Gasteiger partial charge < -0.3 is 9.47 Å². The van der Waals surface area contributed by atoms with Gasteiger partial charge in [-0.05, 0) is 18.2 Å². The van der Waals surface area contributed by atoms with Gasteiger partial charge in [0.1, 0.15) is 5.82 Å². The third-order valence-corrected chi connectivity index (χ3v) is 4.67. The fraction of sp³-hybridized carbons (Fsp3) is 0.462. The van der Waals surface area contributed by atoms with Gasteiger partial charge in [0.25, 0.3) is 0 Å². The van der Waals surface area contributed by atoms with E-state index >= 15 is 0 Å². The van der Waals surface area contributed by atoms with E-state index in [1.165, 1.54) is 0 Å². The Morgan fingerprint density at radius 2 is 2.14 bits per heavy atom. The molecule has 1 fully saturated rings. The first kappa shape index (κ1) is 15.9. The number of benzene rings is 1. The number of esters is 1. The Bertz CT molecular complexity index is 655. The Hall–Kier alpha value is -1.51. The minimum Gasteiger partial charge on any atom is -0.465 e. The van der Waals surface area contributed by atoms with Crippen LogP contribution in [0.15, 0.2) is 23.1 Å². The van der Waals surface area contributed by atoms with Gasteiger partial charge in [0, 0.05) is 12.0 Å². The minimum absolute atomic E-state index is 0.145. The highest BCUT2D eigenvalue weighted by molar-refractivity contribution is 7.89. The van der Waals surface area contributed by atoms with Crippen molar-refractivity contribution in [3.8, 4) is 0 Å². The molecule has 2 rings (SSSR count). The molecule has 0 atom stereocenters. The fourth-order valence-corrected chi connectivity index (χ4v) is 3.30. The second-order valence-electron chi connectivity index (χ2n) is 5.26. The Balaban J connectivity index is 2.30. The Morgan fingerprint density at radius 1 is 1.48 bits per heavy atom. The molecule has 21 heavy (non-hydrogen) atoms. The molecule has 1 N–H and O–H groups in total. The predicted octanol–water partition coefficient (Wildman–Crippen LogP) is 0.927. The van der Waals surface area contributed by atoms with E-state index in [1.807, 2.05) is 6.92 Å². The summed E-state index contributed by atoms with van der Waals surface area (Å²) in [4.78, 5) is 11.2. The van der Waals surface area contributed by atoms with Gasteiger partial charge in [-0.1, -0.05) is 6.92 Å². The van der Waals surface area contributed by atoms with Crippen molar-refractivity contribution in [2.75, 3.05) is 26.9 Å². The van der Waals surface area contributed by atoms with Gasteiger partial charge in [0.05, 0.1) is 30.8 Å². The molecule has 0 spiro atoms. The highest BCUT2D eigenvalue weighted by atomic mass is 32.2. The maximum atomic E-state index is 13.3. The van der Waals surface area contributed by atoms with Gasteiger partial charge in [-0.25, -0.2) is 22.3 Å². The molecule has 0 unspecified atom stereocenters. The van der Waals surface area contributed by atoms with Crippen LogP contribution >= 0.6 is 0 Å². The van der Waals surface area contributed by atoms with Crippen molar-refractivity contribution in [1.82, 2.24) is 4.72 Å². The molecule has 1 aromatic rings. The molecule has 0 aliphatic carbocycles. The standard InChI is InChI=1S/C13H16FNO5S/c1-13(7-20-8-13)6-15-21(17,18)11-5-9(14)3-4-10(11)12(16)19-2/h3-5,15H,6-8H2,1-2H3. The highest BCUT2D eigenvalue weighted by Crippen LogP contribution is 2.26. The molecule has 0 bridgehead atoms. The van der Waals surface area contributed by atoms with Crippen molar-refractivity contribution in [3.05, 3.63) is 29.6 Å². The topological polar surface area (TPSA) is 81.7 Å². The summed E-state index contributed by atoms with van der Waals surface area (Å²) in [6.07, 6.45) is 0. The normalized spacial score (nSPS) is 17.1. The van der Waals surface area contributed by atoms with Crippen molar-refractivity contribution in [2.45, 2.75) is 11.8 Å². The van der Waals surface area contributed by atoms with E-state index in [1.54, 1.807) is 0 Å². The summed E-state index contributed by atoms with van der Waals surface area (Å²) in [5, 5.41) is 0. The monoisotopic (exact) mass is 317 g/mol. The number of methoxy groups -OCH3 is 1. The SMILES string of the molecule is COC(=O)c1ccc(F)cc1S(=O)(=O)NCC1(C)COC1. The molecular weight excluding hydrogens is 301 g/mol. The third kappa shape index (κ3) is 3.39. The molecule has 0 aromatic heterocycles. The molecule has 1 heterocycles. The van der Waals surface area contributed by atoms with Gasteiger partial charge in [-0.3, -0.25) is 0 Å². The van der Waals surface area contributed by atoms with Crippen LogP contribution in [-0.2, 0) is 19.5 Å². The molecule has 116 valence electrons. The predicted molar refractivity (Wildman–Crippen MR) is 71.9 cm³/mol. The van der Waals surface area contributed by atoms with Crippen molar-refractivity contribution < 1.29 is 27.1 Å². The molecule has 1 aliphatic heterocycles. The van der Waals surface area contributed by atoms with Gasteiger partial charge in [0.2, 0.25) is 10.0 Å². The number of sulfonamides is 1. The molecule has 1 aliphatic rings. The van der Waals surface area contributed by atoms with Gasteiger partial charge >= 0.3 is 5.97 Å². The van der Waals surface area contributed by atoms with E-state index in [9.17, 15) is 17.6 Å². The zero-order valence-electron chi connectivity index (χ0n) is 11.7. The lowest BCUT2D eigenvalue weighted by Crippen LogP contribution is -2.48. The summed E-state index contributed by atoms with van der Waals surface area (Å²) < 4.78 is 49.8. The fourth-order valence-electron chi connectivity index (χ4n) is 1.90. The maximum Gasteiger partial charge on any atom is 0.339 e. The second kappa shape index (κ2) is 5.70. The summed E-state index contributed by atoms with van der Waals surface area (Å²) >= 11 is 0. The summed E-state index contributed by atoms with van der Waals surface area (Å²) in [5.41, 5.74) is -0.493. The molecule has 8 heteroatoms. The first-order valence-electron chi connectivity index (χ1n) is 6.23. The smallest absolute Gasteiger partial charge is 0.339 e. The first-order valence-corrected chi connectivity index (χ1v) is 7.71. The van der Waals surface area contributed by atoms with E-state index < -0.39 is 26.7 Å². The van der Waals surface area contributed by atoms with Crippen molar-refractivity contribution in [2.24, 2.45) is 5.41 Å². The van der Waals surface area contributed by atoms with E-state index in [0.29, 0.717) is 13.2 Å². The van der Waals surface area contributed by atoms with Crippen molar-refractivity contribution in [3.63, 3.8) is 0 Å². The molecular formula is C13H16FNO5S. The number of hydrogen-bond acceptors (Lipinski definition) is 5. The zero-order chi connectivity index (χ0) is 15.7. The molecule has 6 nitrogen and oxygen atoms in total. The quantitative estimate of drug-likeness (QED) is 0.817. The number of nitrogens with one attached hydrogen (secondary N) is 1. The molecule has 1 saturated heterocycles. The second-order valence-corrected chi connectivity index (χ2v) is 7.00. The van der Waals surface area contributed by atoms with Gasteiger partial charge in [-0.15, -0.1) is 0 Å². The highest BCUT2D eigenvalue weighted by Gasteiger charge is 2.35. The lowest BCUT2D eigenvalue weighted by molar-refractivity contribution is -0.0965. The lowest BCUT2D eigenvalue weighted by atomic mass is 9.89. The Morgan fingerprint density at radius 3 is 2.67 bits per heavy atom. The number of ether oxygens (including phenoxy) is 2. The van der Waals surface area contributed by atoms with Crippen LogP contribution in [0.25, 0.3) is 0 Å². The zero-order valence-corrected chi connectivity index (χ0v) is 12.5. The van der Waals surface area contributed by atoms with Crippen LogP contribution in [0.4, 0.5) is 4.39 Å². The van der Waals surface area contributed by atoms with E-state index in [0.717, 1.165) is 25.3 Å². The number of rotatable bonds is 5. The average molecular weight is 317 g/mol. The van der Waals surface area contributed by atoms with Crippen molar-refractivity contribution >= 4 is 16.0 Å². The van der Waals surface area contributed by atoms with Gasteiger partial charge in [0.15, 0.2) is 0 Å².